The van der Waals surface area contributed by atoms with E-state index in [0.29, 0.717) is 5.92 Å². The molecule has 1 heteroatoms. The second-order valence-electron chi connectivity index (χ2n) is 3.44. The molecule has 0 fully saturated rings. The number of hydrogen-bond donors (Lipinski definition) is 1. The Bertz CT molecular complexity index is 385. The van der Waals surface area contributed by atoms with Crippen molar-refractivity contribution in [2.45, 2.75) is 19.8 Å². The molecule has 2 aromatic rings. The summed E-state index contributed by atoms with van der Waals surface area (Å²) >= 11 is 0. The predicted octanol–water partition coefficient (Wildman–Crippen LogP) is 3.29. The maximum Gasteiger partial charge on any atom is 0.0489 e. The van der Waals surface area contributed by atoms with E-state index in [0.717, 1.165) is 0 Å². The highest BCUT2D eigenvalue weighted by Crippen LogP contribution is 2.23. The Balaban J connectivity index is 2.73. The number of benzene rings is 1. The van der Waals surface area contributed by atoms with Gasteiger partial charge in [-0.2, -0.15) is 0 Å². The molecule has 0 aliphatic rings. The molecule has 2 rings (SSSR count). The van der Waals surface area contributed by atoms with Crippen molar-refractivity contribution in [3.8, 4) is 0 Å². The summed E-state index contributed by atoms with van der Waals surface area (Å²) in [6.45, 7) is 4.44. The van der Waals surface area contributed by atoms with Crippen LogP contribution in [-0.2, 0) is 0 Å². The predicted molar refractivity (Wildman–Crippen MR) is 52.4 cm³/mol. The van der Waals surface area contributed by atoms with E-state index in [-0.39, 0.29) is 0 Å². The van der Waals surface area contributed by atoms with E-state index in [9.17, 15) is 0 Å². The molecule has 0 unspecified atom stereocenters. The monoisotopic (exact) mass is 159 g/mol. The van der Waals surface area contributed by atoms with Crippen LogP contribution in [0.2, 0.25) is 0 Å². The summed E-state index contributed by atoms with van der Waals surface area (Å²) in [4.78, 5) is 3.27. The van der Waals surface area contributed by atoms with E-state index in [1.807, 2.05) is 6.20 Å². The molecule has 0 bridgehead atoms. The van der Waals surface area contributed by atoms with Crippen molar-refractivity contribution in [2.75, 3.05) is 0 Å². The zero-order valence-electron chi connectivity index (χ0n) is 7.46. The first-order valence-corrected chi connectivity index (χ1v) is 4.35. The zero-order chi connectivity index (χ0) is 8.55. The number of nitrogens with one attached hydrogen (secondary N) is 1. The zero-order valence-corrected chi connectivity index (χ0v) is 7.46. The van der Waals surface area contributed by atoms with Crippen LogP contribution >= 0.6 is 0 Å². The van der Waals surface area contributed by atoms with Gasteiger partial charge < -0.3 is 4.98 Å². The Hall–Kier alpha value is -1.24. The maximum absolute atomic E-state index is 3.27. The molecule has 0 aliphatic carbocycles. The van der Waals surface area contributed by atoms with Gasteiger partial charge in [0.1, 0.15) is 0 Å². The second-order valence-corrected chi connectivity index (χ2v) is 3.44. The van der Waals surface area contributed by atoms with E-state index in [1.54, 1.807) is 0 Å². The van der Waals surface area contributed by atoms with Crippen LogP contribution in [0.4, 0.5) is 0 Å². The molecule has 1 nitrogen and oxygen atoms in total. The lowest BCUT2D eigenvalue weighted by Gasteiger charge is -2.05. The Kier molecular flexibility index (Phi) is 1.65. The molecule has 12 heavy (non-hydrogen) atoms. The summed E-state index contributed by atoms with van der Waals surface area (Å²) in [5, 5.41) is 1.31. The quantitative estimate of drug-likeness (QED) is 0.657. The fourth-order valence-electron chi connectivity index (χ4n) is 1.59. The SMILES string of the molecule is CC(C)c1cccc2cc[nH]c12. The number of H-pyrrole nitrogens is 1. The molecule has 0 saturated heterocycles. The Morgan fingerprint density at radius 1 is 1.17 bits per heavy atom. The fourth-order valence-corrected chi connectivity index (χ4v) is 1.59. The summed E-state index contributed by atoms with van der Waals surface area (Å²) in [6, 6.07) is 8.55. The topological polar surface area (TPSA) is 15.8 Å². The molecular formula is C11H13N. The van der Waals surface area contributed by atoms with Gasteiger partial charge in [-0.3, -0.25) is 0 Å². The minimum Gasteiger partial charge on any atom is -0.361 e. The highest BCUT2D eigenvalue weighted by atomic mass is 14.7. The molecule has 0 atom stereocenters. The van der Waals surface area contributed by atoms with E-state index >= 15 is 0 Å². The van der Waals surface area contributed by atoms with Gasteiger partial charge in [-0.05, 0) is 22.9 Å². The van der Waals surface area contributed by atoms with Gasteiger partial charge >= 0.3 is 0 Å². The van der Waals surface area contributed by atoms with E-state index < -0.39 is 0 Å². The third-order valence-electron chi connectivity index (χ3n) is 2.24. The minimum absolute atomic E-state index is 0.590. The van der Waals surface area contributed by atoms with Gasteiger partial charge in [0.25, 0.3) is 0 Å². The van der Waals surface area contributed by atoms with E-state index in [2.05, 4.69) is 43.1 Å². The number of rotatable bonds is 1. The molecule has 0 radical (unpaired) electrons. The van der Waals surface area contributed by atoms with Gasteiger partial charge in [-0.15, -0.1) is 0 Å². The molecule has 1 aromatic carbocycles. The van der Waals surface area contributed by atoms with Gasteiger partial charge in [0, 0.05) is 11.7 Å². The van der Waals surface area contributed by atoms with Gasteiger partial charge in [0.15, 0.2) is 0 Å². The molecule has 0 saturated carbocycles. The lowest BCUT2D eigenvalue weighted by atomic mass is 10.0. The average Bonchev–Trinajstić information content (AvgIpc) is 2.49. The third kappa shape index (κ3) is 1.02. The molecule has 0 aliphatic heterocycles. The number of hydrogen-bond acceptors (Lipinski definition) is 0. The standard InChI is InChI=1S/C11H13N/c1-8(2)10-5-3-4-9-6-7-12-11(9)10/h3-8,12H,1-2H3. The highest BCUT2D eigenvalue weighted by molar-refractivity contribution is 5.82. The van der Waals surface area contributed by atoms with Gasteiger partial charge in [-0.1, -0.05) is 32.0 Å². The Morgan fingerprint density at radius 2 is 2.00 bits per heavy atom. The van der Waals surface area contributed by atoms with Crippen molar-refractivity contribution in [3.63, 3.8) is 0 Å². The van der Waals surface area contributed by atoms with Crippen molar-refractivity contribution in [3.05, 3.63) is 36.0 Å². The average molecular weight is 159 g/mol. The maximum atomic E-state index is 3.27. The largest absolute Gasteiger partial charge is 0.361 e. The molecule has 1 aromatic heterocycles. The highest BCUT2D eigenvalue weighted by Gasteiger charge is 2.03. The van der Waals surface area contributed by atoms with Crippen molar-refractivity contribution in [1.29, 1.82) is 0 Å². The first-order chi connectivity index (χ1) is 5.79. The summed E-state index contributed by atoms with van der Waals surface area (Å²) in [7, 11) is 0. The van der Waals surface area contributed by atoms with Crippen molar-refractivity contribution in [1.82, 2.24) is 4.98 Å². The van der Waals surface area contributed by atoms with Crippen LogP contribution in [-0.4, -0.2) is 4.98 Å². The van der Waals surface area contributed by atoms with Crippen LogP contribution in [0.1, 0.15) is 25.3 Å². The van der Waals surface area contributed by atoms with Crippen molar-refractivity contribution in [2.24, 2.45) is 0 Å². The minimum atomic E-state index is 0.590. The van der Waals surface area contributed by atoms with Gasteiger partial charge in [0.05, 0.1) is 0 Å². The van der Waals surface area contributed by atoms with Crippen molar-refractivity contribution < 1.29 is 0 Å². The fraction of sp³-hybridized carbons (Fsp3) is 0.273. The normalized spacial score (nSPS) is 11.2. The van der Waals surface area contributed by atoms with Gasteiger partial charge in [-0.25, -0.2) is 0 Å². The lowest BCUT2D eigenvalue weighted by molar-refractivity contribution is 0.873. The number of aromatic amines is 1. The second kappa shape index (κ2) is 2.67. The first-order valence-electron chi connectivity index (χ1n) is 4.35. The van der Waals surface area contributed by atoms with Crippen molar-refractivity contribution >= 4 is 10.9 Å². The molecule has 0 spiro atoms. The third-order valence-corrected chi connectivity index (χ3v) is 2.24. The number of para-hydroxylation sites is 1. The van der Waals surface area contributed by atoms with E-state index in [1.165, 1.54) is 16.5 Å². The Labute approximate surface area is 72.4 Å². The molecule has 62 valence electrons. The van der Waals surface area contributed by atoms with Gasteiger partial charge in [0.2, 0.25) is 0 Å². The van der Waals surface area contributed by atoms with Crippen LogP contribution in [0, 0.1) is 0 Å². The summed E-state index contributed by atoms with van der Waals surface area (Å²) in [5.74, 6) is 0.590. The van der Waals surface area contributed by atoms with Crippen LogP contribution in [0.25, 0.3) is 10.9 Å². The summed E-state index contributed by atoms with van der Waals surface area (Å²) in [5.41, 5.74) is 2.69. The molecule has 1 N–H and O–H groups in total. The van der Waals surface area contributed by atoms with Crippen LogP contribution < -0.4 is 0 Å². The molecule has 0 amide bonds. The number of fused-ring (bicyclic) bond motifs is 1. The lowest BCUT2D eigenvalue weighted by Crippen LogP contribution is -1.87. The molecular weight excluding hydrogens is 146 g/mol. The molecule has 1 heterocycles. The van der Waals surface area contributed by atoms with Crippen LogP contribution in [0.5, 0.6) is 0 Å². The van der Waals surface area contributed by atoms with E-state index in [4.69, 9.17) is 0 Å². The summed E-state index contributed by atoms with van der Waals surface area (Å²) < 4.78 is 0. The first kappa shape index (κ1) is 7.41. The number of aromatic nitrogens is 1. The summed E-state index contributed by atoms with van der Waals surface area (Å²) in [6.07, 6.45) is 2.00. The smallest absolute Gasteiger partial charge is 0.0489 e. The van der Waals surface area contributed by atoms with Crippen LogP contribution in [0.15, 0.2) is 30.5 Å². The van der Waals surface area contributed by atoms with Crippen LogP contribution in [0.3, 0.4) is 0 Å². The Morgan fingerprint density at radius 3 is 2.75 bits per heavy atom.